The lowest BCUT2D eigenvalue weighted by Gasteiger charge is -2.36. The Morgan fingerprint density at radius 3 is 2.31 bits per heavy atom. The van der Waals surface area contributed by atoms with Crippen LogP contribution in [0.3, 0.4) is 0 Å². The third-order valence-corrected chi connectivity index (χ3v) is 6.05. The van der Waals surface area contributed by atoms with E-state index in [-0.39, 0.29) is 11.9 Å². The van der Waals surface area contributed by atoms with Crippen LogP contribution in [0.25, 0.3) is 0 Å². The number of nitrogens with zero attached hydrogens (tertiary/aromatic N) is 3. The van der Waals surface area contributed by atoms with Crippen LogP contribution in [0.5, 0.6) is 0 Å². The molecule has 6 nitrogen and oxygen atoms in total. The largest absolute Gasteiger partial charge is 0.369 e. The first-order chi connectivity index (χ1) is 12.7. The molecule has 0 radical (unpaired) electrons. The molecule has 2 aliphatic heterocycles. The SMILES string of the molecule is O=C1NC2(CCCC2)C(=O)N1CCCN1CCN(c2ccccc2)CC1. The van der Waals surface area contributed by atoms with Gasteiger partial charge in [0, 0.05) is 38.4 Å². The van der Waals surface area contributed by atoms with E-state index in [0.29, 0.717) is 6.54 Å². The quantitative estimate of drug-likeness (QED) is 0.821. The normalized spacial score (nSPS) is 23.1. The average molecular weight is 356 g/mol. The van der Waals surface area contributed by atoms with Crippen molar-refractivity contribution in [1.29, 1.82) is 0 Å². The molecule has 140 valence electrons. The van der Waals surface area contributed by atoms with Gasteiger partial charge in [-0.1, -0.05) is 31.0 Å². The maximum absolute atomic E-state index is 12.6. The first-order valence-electron chi connectivity index (χ1n) is 9.84. The molecule has 1 N–H and O–H groups in total. The molecule has 26 heavy (non-hydrogen) atoms. The summed E-state index contributed by atoms with van der Waals surface area (Å²) in [5.74, 6) is 0.00824. The zero-order chi connectivity index (χ0) is 18.0. The Kier molecular flexibility index (Phi) is 4.85. The maximum Gasteiger partial charge on any atom is 0.325 e. The van der Waals surface area contributed by atoms with E-state index in [9.17, 15) is 9.59 Å². The van der Waals surface area contributed by atoms with Crippen LogP contribution in [-0.2, 0) is 4.79 Å². The fourth-order valence-corrected chi connectivity index (χ4v) is 4.52. The highest BCUT2D eigenvalue weighted by molar-refractivity contribution is 6.07. The van der Waals surface area contributed by atoms with E-state index >= 15 is 0 Å². The van der Waals surface area contributed by atoms with Gasteiger partial charge in [0.1, 0.15) is 5.54 Å². The number of imide groups is 1. The summed E-state index contributed by atoms with van der Waals surface area (Å²) < 4.78 is 0. The first kappa shape index (κ1) is 17.3. The smallest absolute Gasteiger partial charge is 0.325 e. The van der Waals surface area contributed by atoms with Crippen LogP contribution < -0.4 is 10.2 Å². The number of nitrogens with one attached hydrogen (secondary N) is 1. The molecule has 3 amide bonds. The summed E-state index contributed by atoms with van der Waals surface area (Å²) in [7, 11) is 0. The Balaban J connectivity index is 1.22. The highest BCUT2D eigenvalue weighted by Crippen LogP contribution is 2.35. The summed E-state index contributed by atoms with van der Waals surface area (Å²) >= 11 is 0. The Bertz CT molecular complexity index is 649. The molecule has 1 aromatic rings. The average Bonchev–Trinajstić information content (AvgIpc) is 3.23. The second-order valence-electron chi connectivity index (χ2n) is 7.69. The lowest BCUT2D eigenvalue weighted by molar-refractivity contribution is -0.131. The van der Waals surface area contributed by atoms with Crippen LogP contribution in [0, 0.1) is 0 Å². The summed E-state index contributed by atoms with van der Waals surface area (Å²) in [6.07, 6.45) is 4.52. The zero-order valence-electron chi connectivity index (χ0n) is 15.3. The van der Waals surface area contributed by atoms with Crippen LogP contribution in [-0.4, -0.2) is 66.5 Å². The standard InChI is InChI=1S/C20H28N4O2/c25-18-20(9-4-5-10-20)21-19(26)24(18)12-6-11-22-13-15-23(16-14-22)17-7-2-1-3-8-17/h1-3,7-8H,4-6,9-16H2,(H,21,26). The number of hydrogen-bond donors (Lipinski definition) is 1. The van der Waals surface area contributed by atoms with Gasteiger partial charge in [0.15, 0.2) is 0 Å². The van der Waals surface area contributed by atoms with Crippen molar-refractivity contribution in [3.63, 3.8) is 0 Å². The third kappa shape index (κ3) is 3.30. The molecule has 0 aromatic heterocycles. The minimum Gasteiger partial charge on any atom is -0.369 e. The van der Waals surface area contributed by atoms with Crippen molar-refractivity contribution in [3.05, 3.63) is 30.3 Å². The van der Waals surface area contributed by atoms with Crippen LogP contribution in [0.4, 0.5) is 10.5 Å². The number of amides is 3. The molecule has 1 spiro atoms. The van der Waals surface area contributed by atoms with E-state index in [1.807, 2.05) is 6.07 Å². The Hall–Kier alpha value is -2.08. The number of urea groups is 1. The minimum absolute atomic E-state index is 0.00824. The third-order valence-electron chi connectivity index (χ3n) is 6.05. The molecule has 1 saturated carbocycles. The van der Waals surface area contributed by atoms with E-state index in [1.165, 1.54) is 10.6 Å². The molecule has 6 heteroatoms. The Labute approximate surface area is 155 Å². The molecular weight excluding hydrogens is 328 g/mol. The van der Waals surface area contributed by atoms with Gasteiger partial charge in [0.25, 0.3) is 5.91 Å². The van der Waals surface area contributed by atoms with Gasteiger partial charge in [0.2, 0.25) is 0 Å². The van der Waals surface area contributed by atoms with Crippen LogP contribution >= 0.6 is 0 Å². The monoisotopic (exact) mass is 356 g/mol. The molecule has 2 heterocycles. The van der Waals surface area contributed by atoms with E-state index in [0.717, 1.165) is 64.8 Å². The van der Waals surface area contributed by atoms with Gasteiger partial charge in [0.05, 0.1) is 0 Å². The lowest BCUT2D eigenvalue weighted by atomic mass is 9.98. The predicted molar refractivity (Wildman–Crippen MR) is 101 cm³/mol. The van der Waals surface area contributed by atoms with Crippen molar-refractivity contribution in [1.82, 2.24) is 15.1 Å². The molecule has 0 bridgehead atoms. The Morgan fingerprint density at radius 2 is 1.62 bits per heavy atom. The van der Waals surface area contributed by atoms with E-state index in [2.05, 4.69) is 39.4 Å². The number of carbonyl (C=O) groups excluding carboxylic acids is 2. The van der Waals surface area contributed by atoms with Crippen LogP contribution in [0.2, 0.25) is 0 Å². The van der Waals surface area contributed by atoms with Crippen molar-refractivity contribution in [3.8, 4) is 0 Å². The number of carbonyl (C=O) groups is 2. The van der Waals surface area contributed by atoms with E-state index in [1.54, 1.807) is 0 Å². The molecule has 3 aliphatic rings. The fourth-order valence-electron chi connectivity index (χ4n) is 4.52. The molecule has 1 aliphatic carbocycles. The number of anilines is 1. The zero-order valence-corrected chi connectivity index (χ0v) is 15.3. The molecule has 4 rings (SSSR count). The molecule has 2 saturated heterocycles. The second-order valence-corrected chi connectivity index (χ2v) is 7.69. The van der Waals surface area contributed by atoms with Crippen molar-refractivity contribution in [2.24, 2.45) is 0 Å². The molecular formula is C20H28N4O2. The Morgan fingerprint density at radius 1 is 0.923 bits per heavy atom. The van der Waals surface area contributed by atoms with Gasteiger partial charge in [-0.05, 0) is 37.9 Å². The summed E-state index contributed by atoms with van der Waals surface area (Å²) in [5, 5.41) is 2.96. The van der Waals surface area contributed by atoms with Crippen molar-refractivity contribution in [2.45, 2.75) is 37.6 Å². The van der Waals surface area contributed by atoms with Gasteiger partial charge in [-0.15, -0.1) is 0 Å². The number of rotatable bonds is 5. The molecule has 0 atom stereocenters. The first-order valence-corrected chi connectivity index (χ1v) is 9.84. The minimum atomic E-state index is -0.571. The lowest BCUT2D eigenvalue weighted by Crippen LogP contribution is -2.47. The number of piperazine rings is 1. The van der Waals surface area contributed by atoms with Crippen LogP contribution in [0.15, 0.2) is 30.3 Å². The highest BCUT2D eigenvalue weighted by atomic mass is 16.2. The second kappa shape index (κ2) is 7.27. The fraction of sp³-hybridized carbons (Fsp3) is 0.600. The topological polar surface area (TPSA) is 55.9 Å². The predicted octanol–water partition coefficient (Wildman–Crippen LogP) is 2.06. The molecule has 1 aromatic carbocycles. The van der Waals surface area contributed by atoms with Gasteiger partial charge in [-0.3, -0.25) is 14.6 Å². The van der Waals surface area contributed by atoms with Gasteiger partial charge in [-0.2, -0.15) is 0 Å². The molecule has 0 unspecified atom stereocenters. The van der Waals surface area contributed by atoms with Crippen molar-refractivity contribution >= 4 is 17.6 Å². The van der Waals surface area contributed by atoms with Crippen LogP contribution in [0.1, 0.15) is 32.1 Å². The van der Waals surface area contributed by atoms with Gasteiger partial charge < -0.3 is 10.2 Å². The highest BCUT2D eigenvalue weighted by Gasteiger charge is 2.52. The summed E-state index contributed by atoms with van der Waals surface area (Å²) in [4.78, 5) is 31.1. The summed E-state index contributed by atoms with van der Waals surface area (Å²) in [6.45, 7) is 5.57. The van der Waals surface area contributed by atoms with E-state index < -0.39 is 5.54 Å². The number of benzene rings is 1. The van der Waals surface area contributed by atoms with E-state index in [4.69, 9.17) is 0 Å². The number of hydrogen-bond acceptors (Lipinski definition) is 4. The van der Waals surface area contributed by atoms with Crippen molar-refractivity contribution < 1.29 is 9.59 Å². The van der Waals surface area contributed by atoms with Gasteiger partial charge >= 0.3 is 6.03 Å². The summed E-state index contributed by atoms with van der Waals surface area (Å²) in [5.41, 5.74) is 0.714. The number of para-hydroxylation sites is 1. The molecule has 3 fully saturated rings. The summed E-state index contributed by atoms with van der Waals surface area (Å²) in [6, 6.07) is 10.3. The van der Waals surface area contributed by atoms with Gasteiger partial charge in [-0.25, -0.2) is 4.79 Å². The maximum atomic E-state index is 12.6. The van der Waals surface area contributed by atoms with Crippen molar-refractivity contribution in [2.75, 3.05) is 44.2 Å².